The molecule has 5 nitrogen and oxygen atoms in total. The van der Waals surface area contributed by atoms with Crippen molar-refractivity contribution in [3.63, 3.8) is 0 Å². The summed E-state index contributed by atoms with van der Waals surface area (Å²) in [7, 11) is -0.877. The molecule has 0 aromatic heterocycles. The van der Waals surface area contributed by atoms with E-state index in [9.17, 15) is 15.3 Å². The Morgan fingerprint density at radius 2 is 1.68 bits per heavy atom. The SMILES string of the molecule is CC(OC(C)(C)C1(C)CC1C)P(C)OCC(CO)(CO)CO. The highest BCUT2D eigenvalue weighted by molar-refractivity contribution is 7.52. The zero-order valence-electron chi connectivity index (χ0n) is 14.8. The van der Waals surface area contributed by atoms with Crippen LogP contribution < -0.4 is 0 Å². The third-order valence-corrected chi connectivity index (χ3v) is 7.26. The second-order valence-electron chi connectivity index (χ2n) is 7.54. The van der Waals surface area contributed by atoms with Crippen molar-refractivity contribution in [2.45, 2.75) is 52.5 Å². The van der Waals surface area contributed by atoms with Crippen molar-refractivity contribution < 1.29 is 24.6 Å². The zero-order chi connectivity index (χ0) is 17.2. The number of aliphatic hydroxyl groups excluding tert-OH is 3. The minimum absolute atomic E-state index is 0.0524. The van der Waals surface area contributed by atoms with Crippen LogP contribution in [0.25, 0.3) is 0 Å². The molecule has 1 saturated carbocycles. The van der Waals surface area contributed by atoms with E-state index in [1.54, 1.807) is 0 Å². The molecule has 0 saturated heterocycles. The minimum atomic E-state index is -0.983. The van der Waals surface area contributed by atoms with E-state index < -0.39 is 13.6 Å². The fraction of sp³-hybridized carbons (Fsp3) is 1.00. The quantitative estimate of drug-likeness (QED) is 0.533. The summed E-state index contributed by atoms with van der Waals surface area (Å²) in [6, 6.07) is 0. The molecule has 0 aliphatic heterocycles. The first kappa shape index (κ1) is 20.3. The van der Waals surface area contributed by atoms with Gasteiger partial charge < -0.3 is 24.6 Å². The van der Waals surface area contributed by atoms with Gasteiger partial charge in [-0.3, -0.25) is 0 Å². The second-order valence-corrected chi connectivity index (χ2v) is 9.62. The number of rotatable bonds is 10. The Morgan fingerprint density at radius 1 is 1.23 bits per heavy atom. The van der Waals surface area contributed by atoms with Crippen molar-refractivity contribution in [2.24, 2.45) is 16.7 Å². The monoisotopic (exact) mass is 336 g/mol. The zero-order valence-corrected chi connectivity index (χ0v) is 15.7. The topological polar surface area (TPSA) is 79.2 Å². The van der Waals surface area contributed by atoms with Crippen molar-refractivity contribution >= 4 is 8.15 Å². The molecule has 0 radical (unpaired) electrons. The molecule has 1 fully saturated rings. The number of hydrogen-bond donors (Lipinski definition) is 3. The molecule has 0 amide bonds. The van der Waals surface area contributed by atoms with Gasteiger partial charge in [0.05, 0.1) is 51.4 Å². The summed E-state index contributed by atoms with van der Waals surface area (Å²) in [5.74, 6) is 0.618. The van der Waals surface area contributed by atoms with Crippen LogP contribution in [-0.4, -0.2) is 59.9 Å². The van der Waals surface area contributed by atoms with Crippen molar-refractivity contribution in [3.8, 4) is 0 Å². The van der Waals surface area contributed by atoms with E-state index in [4.69, 9.17) is 9.26 Å². The first-order valence-corrected chi connectivity index (χ1v) is 9.71. The molecule has 1 rings (SSSR count). The lowest BCUT2D eigenvalue weighted by molar-refractivity contribution is -0.0839. The van der Waals surface area contributed by atoms with E-state index in [0.717, 1.165) is 0 Å². The third-order valence-electron chi connectivity index (χ3n) is 5.59. The van der Waals surface area contributed by atoms with Gasteiger partial charge in [0.15, 0.2) is 0 Å². The van der Waals surface area contributed by atoms with Crippen molar-refractivity contribution in [3.05, 3.63) is 0 Å². The van der Waals surface area contributed by atoms with Crippen LogP contribution in [0.15, 0.2) is 0 Å². The molecular weight excluding hydrogens is 303 g/mol. The highest BCUT2D eigenvalue weighted by atomic mass is 31.1. The number of hydrogen-bond acceptors (Lipinski definition) is 5. The van der Waals surface area contributed by atoms with E-state index in [1.807, 2.05) is 13.6 Å². The van der Waals surface area contributed by atoms with E-state index in [1.165, 1.54) is 6.42 Å². The molecule has 0 heterocycles. The highest BCUT2D eigenvalue weighted by Gasteiger charge is 2.58. The summed E-state index contributed by atoms with van der Waals surface area (Å²) >= 11 is 0. The molecule has 3 N–H and O–H groups in total. The Balaban J connectivity index is 2.53. The van der Waals surface area contributed by atoms with Crippen molar-refractivity contribution in [2.75, 3.05) is 33.1 Å². The maximum Gasteiger partial charge on any atom is 0.0990 e. The molecule has 22 heavy (non-hydrogen) atoms. The van der Waals surface area contributed by atoms with Crippen LogP contribution in [0.5, 0.6) is 0 Å². The summed E-state index contributed by atoms with van der Waals surface area (Å²) in [4.78, 5) is 0. The maximum atomic E-state index is 9.33. The summed E-state index contributed by atoms with van der Waals surface area (Å²) in [6.07, 6.45) is 1.18. The average Bonchev–Trinajstić information content (AvgIpc) is 3.10. The third kappa shape index (κ3) is 4.19. The molecule has 0 bridgehead atoms. The normalized spacial score (nSPS) is 28.5. The van der Waals surface area contributed by atoms with E-state index >= 15 is 0 Å². The van der Waals surface area contributed by atoms with Gasteiger partial charge >= 0.3 is 0 Å². The lowest BCUT2D eigenvalue weighted by atomic mass is 9.87. The lowest BCUT2D eigenvalue weighted by Crippen LogP contribution is -2.40. The van der Waals surface area contributed by atoms with E-state index in [2.05, 4.69) is 27.7 Å². The predicted molar refractivity (Wildman–Crippen MR) is 89.0 cm³/mol. The van der Waals surface area contributed by atoms with Crippen LogP contribution >= 0.6 is 8.15 Å². The Labute approximate surface area is 135 Å². The van der Waals surface area contributed by atoms with Crippen molar-refractivity contribution in [1.29, 1.82) is 0 Å². The minimum Gasteiger partial charge on any atom is -0.396 e. The van der Waals surface area contributed by atoms with Gasteiger partial charge in [-0.2, -0.15) is 0 Å². The summed E-state index contributed by atoms with van der Waals surface area (Å²) < 4.78 is 12.1. The van der Waals surface area contributed by atoms with Crippen LogP contribution in [0.2, 0.25) is 0 Å². The fourth-order valence-electron chi connectivity index (χ4n) is 2.68. The van der Waals surface area contributed by atoms with Gasteiger partial charge in [-0.25, -0.2) is 0 Å². The van der Waals surface area contributed by atoms with Crippen LogP contribution in [0.1, 0.15) is 41.0 Å². The van der Waals surface area contributed by atoms with Crippen molar-refractivity contribution in [1.82, 2.24) is 0 Å². The molecule has 0 spiro atoms. The molecular formula is C16H33O5P. The first-order valence-electron chi connectivity index (χ1n) is 7.93. The van der Waals surface area contributed by atoms with Gasteiger partial charge in [0, 0.05) is 0 Å². The molecule has 4 unspecified atom stereocenters. The molecule has 6 heteroatoms. The lowest BCUT2D eigenvalue weighted by Gasteiger charge is -2.38. The molecule has 1 aliphatic carbocycles. The van der Waals surface area contributed by atoms with Gasteiger partial charge in [-0.1, -0.05) is 13.8 Å². The molecule has 1 aliphatic rings. The van der Waals surface area contributed by atoms with E-state index in [-0.39, 0.29) is 43.3 Å². The van der Waals surface area contributed by atoms with Gasteiger partial charge in [-0.05, 0) is 45.2 Å². The fourth-order valence-corrected chi connectivity index (χ4v) is 3.78. The number of ether oxygens (including phenoxy) is 1. The van der Waals surface area contributed by atoms with Gasteiger partial charge in [0.2, 0.25) is 0 Å². The molecule has 4 atom stereocenters. The van der Waals surface area contributed by atoms with E-state index in [0.29, 0.717) is 5.92 Å². The second kappa shape index (κ2) is 7.42. The van der Waals surface area contributed by atoms with Crippen LogP contribution in [0.3, 0.4) is 0 Å². The average molecular weight is 336 g/mol. The van der Waals surface area contributed by atoms with Gasteiger partial charge in [0.25, 0.3) is 0 Å². The Hall–Kier alpha value is 0.230. The largest absolute Gasteiger partial charge is 0.396 e. The summed E-state index contributed by atoms with van der Waals surface area (Å²) in [5, 5.41) is 28.0. The summed E-state index contributed by atoms with van der Waals surface area (Å²) in [6.45, 7) is 12.0. The highest BCUT2D eigenvalue weighted by Crippen LogP contribution is 2.61. The predicted octanol–water partition coefficient (Wildman–Crippen LogP) is 2.18. The van der Waals surface area contributed by atoms with Gasteiger partial charge in [-0.15, -0.1) is 0 Å². The smallest absolute Gasteiger partial charge is 0.0990 e. The number of aliphatic hydroxyl groups is 3. The maximum absolute atomic E-state index is 9.33. The first-order chi connectivity index (χ1) is 10.1. The molecule has 0 aromatic rings. The van der Waals surface area contributed by atoms with Crippen LogP contribution in [0.4, 0.5) is 0 Å². The summed E-state index contributed by atoms with van der Waals surface area (Å²) in [5.41, 5.74) is -0.987. The molecule has 0 aromatic carbocycles. The van der Waals surface area contributed by atoms with Gasteiger partial charge in [0.1, 0.15) is 0 Å². The Morgan fingerprint density at radius 3 is 2.05 bits per heavy atom. The standard InChI is InChI=1S/C16H33O5P/c1-12-7-15(12,5)14(3,4)21-13(2)22(6)20-11-16(8-17,9-18)10-19/h12-13,17-19H,7-11H2,1-6H3. The van der Waals surface area contributed by atoms with Crippen LogP contribution in [0, 0.1) is 16.7 Å². The molecule has 132 valence electrons. The Kier molecular flexibility index (Phi) is 6.83. The Bertz CT molecular complexity index is 350. The van der Waals surface area contributed by atoms with Crippen LogP contribution in [-0.2, 0) is 9.26 Å².